The van der Waals surface area contributed by atoms with Crippen LogP contribution < -0.4 is 14.8 Å². The van der Waals surface area contributed by atoms with Gasteiger partial charge < -0.3 is 19.7 Å². The first-order valence-corrected chi connectivity index (χ1v) is 11.4. The maximum absolute atomic E-state index is 14.1. The Bertz CT molecular complexity index is 1220. The fourth-order valence-electron chi connectivity index (χ4n) is 4.11. The number of pyridine rings is 2. The predicted molar refractivity (Wildman–Crippen MR) is 131 cm³/mol. The van der Waals surface area contributed by atoms with Gasteiger partial charge in [0.2, 0.25) is 5.88 Å². The molecule has 0 radical (unpaired) electrons. The first kappa shape index (κ1) is 24.2. The Labute approximate surface area is 205 Å². The van der Waals surface area contributed by atoms with E-state index in [1.165, 1.54) is 0 Å². The van der Waals surface area contributed by atoms with Gasteiger partial charge in [-0.25, -0.2) is 4.98 Å². The molecule has 1 N–H and O–H groups in total. The van der Waals surface area contributed by atoms with Crippen molar-refractivity contribution in [2.24, 2.45) is 0 Å². The van der Waals surface area contributed by atoms with Crippen LogP contribution in [0.3, 0.4) is 0 Å². The van der Waals surface area contributed by atoms with E-state index in [2.05, 4.69) is 15.3 Å². The van der Waals surface area contributed by atoms with E-state index in [1.807, 2.05) is 52.0 Å². The van der Waals surface area contributed by atoms with Gasteiger partial charge in [0, 0.05) is 35.7 Å². The number of ether oxygens (including phenoxy) is 2. The number of fused-ring (bicyclic) bond motifs is 1. The second kappa shape index (κ2) is 9.37. The molecule has 35 heavy (non-hydrogen) atoms. The van der Waals surface area contributed by atoms with E-state index in [0.29, 0.717) is 22.6 Å². The average Bonchev–Trinajstić information content (AvgIpc) is 2.94. The zero-order valence-electron chi connectivity index (χ0n) is 20.7. The number of methoxy groups -OCH3 is 1. The third-order valence-corrected chi connectivity index (χ3v) is 5.86. The predicted octanol–water partition coefficient (Wildman–Crippen LogP) is 3.64. The van der Waals surface area contributed by atoms with Gasteiger partial charge in [-0.05, 0) is 63.6 Å². The molecule has 1 aromatic carbocycles. The smallest absolute Gasteiger partial charge is 0.260 e. The van der Waals surface area contributed by atoms with Crippen LogP contribution in [0.5, 0.6) is 11.6 Å². The number of hydrogen-bond donors (Lipinski definition) is 1. The third kappa shape index (κ3) is 4.82. The molecule has 4 rings (SSSR count). The Morgan fingerprint density at radius 2 is 1.91 bits per heavy atom. The fourth-order valence-corrected chi connectivity index (χ4v) is 4.11. The zero-order valence-corrected chi connectivity index (χ0v) is 20.7. The van der Waals surface area contributed by atoms with Crippen molar-refractivity contribution < 1.29 is 19.1 Å². The molecule has 1 atom stereocenters. The minimum atomic E-state index is -1.49. The summed E-state index contributed by atoms with van der Waals surface area (Å²) in [4.78, 5) is 38.5. The number of aromatic nitrogens is 2. The molecular formula is C27H30N4O4. The standard InChI is InChI=1S/C27H30N4O4/c1-18-8-13-22-23(29-18)35-17-27(20-7-6-14-28-15-20,25(33)30-26(2,3)4)31(24(22)32)16-19-9-11-21(34-5)12-10-19/h6-15H,16-17H2,1-5H3,(H,30,33). The lowest BCUT2D eigenvalue weighted by molar-refractivity contribution is -0.136. The Balaban J connectivity index is 1.92. The molecule has 2 amide bonds. The lowest BCUT2D eigenvalue weighted by atomic mass is 9.86. The molecule has 0 saturated heterocycles. The van der Waals surface area contributed by atoms with Crippen LogP contribution in [0.2, 0.25) is 0 Å². The van der Waals surface area contributed by atoms with Crippen LogP contribution in [0.25, 0.3) is 0 Å². The monoisotopic (exact) mass is 474 g/mol. The molecule has 0 bridgehead atoms. The molecule has 0 saturated carbocycles. The molecule has 182 valence electrons. The van der Waals surface area contributed by atoms with Crippen LogP contribution in [0, 0.1) is 6.92 Å². The second-order valence-electron chi connectivity index (χ2n) is 9.64. The van der Waals surface area contributed by atoms with E-state index in [0.717, 1.165) is 5.56 Å². The highest BCUT2D eigenvalue weighted by molar-refractivity contribution is 6.02. The highest BCUT2D eigenvalue weighted by atomic mass is 16.5. The van der Waals surface area contributed by atoms with Crippen LogP contribution in [-0.4, -0.2) is 45.9 Å². The Kier molecular flexibility index (Phi) is 6.47. The maximum Gasteiger partial charge on any atom is 0.260 e. The SMILES string of the molecule is COc1ccc(CN2C(=O)c3ccc(C)nc3OCC2(C(=O)NC(C)(C)C)c2cccnc2)cc1. The Morgan fingerprint density at radius 3 is 2.54 bits per heavy atom. The molecule has 8 heteroatoms. The summed E-state index contributed by atoms with van der Waals surface area (Å²) in [5.74, 6) is 0.204. The van der Waals surface area contributed by atoms with Crippen molar-refractivity contribution >= 4 is 11.8 Å². The minimum absolute atomic E-state index is 0.119. The van der Waals surface area contributed by atoms with Crippen LogP contribution in [0.15, 0.2) is 60.9 Å². The van der Waals surface area contributed by atoms with Crippen LogP contribution in [0.4, 0.5) is 0 Å². The molecule has 2 aromatic heterocycles. The van der Waals surface area contributed by atoms with E-state index in [1.54, 1.807) is 48.7 Å². The number of benzene rings is 1. The number of rotatable bonds is 5. The van der Waals surface area contributed by atoms with E-state index in [9.17, 15) is 9.59 Å². The van der Waals surface area contributed by atoms with Gasteiger partial charge in [-0.3, -0.25) is 14.6 Å². The molecule has 3 heterocycles. The lowest BCUT2D eigenvalue weighted by Gasteiger charge is -2.42. The zero-order chi connectivity index (χ0) is 25.2. The third-order valence-electron chi connectivity index (χ3n) is 5.86. The van der Waals surface area contributed by atoms with Crippen molar-refractivity contribution in [3.05, 3.63) is 83.3 Å². The summed E-state index contributed by atoms with van der Waals surface area (Å²) in [7, 11) is 1.60. The van der Waals surface area contributed by atoms with Crippen molar-refractivity contribution in [2.75, 3.05) is 13.7 Å². The average molecular weight is 475 g/mol. The summed E-state index contributed by atoms with van der Waals surface area (Å²) in [5, 5.41) is 3.07. The molecule has 8 nitrogen and oxygen atoms in total. The van der Waals surface area contributed by atoms with Crippen LogP contribution in [-0.2, 0) is 16.9 Å². The molecule has 0 fully saturated rings. The maximum atomic E-state index is 14.1. The van der Waals surface area contributed by atoms with E-state index < -0.39 is 11.1 Å². The van der Waals surface area contributed by atoms with Gasteiger partial charge in [0.05, 0.1) is 7.11 Å². The number of nitrogens with one attached hydrogen (secondary N) is 1. The van der Waals surface area contributed by atoms with E-state index >= 15 is 0 Å². The molecule has 1 unspecified atom stereocenters. The summed E-state index contributed by atoms with van der Waals surface area (Å²) >= 11 is 0. The van der Waals surface area contributed by atoms with Gasteiger partial charge in [-0.1, -0.05) is 18.2 Å². The van der Waals surface area contributed by atoms with E-state index in [-0.39, 0.29) is 30.8 Å². The van der Waals surface area contributed by atoms with Gasteiger partial charge in [0.1, 0.15) is 17.9 Å². The summed E-state index contributed by atoms with van der Waals surface area (Å²) < 4.78 is 11.4. The number of nitrogens with zero attached hydrogens (tertiary/aromatic N) is 3. The van der Waals surface area contributed by atoms with Gasteiger partial charge in [-0.15, -0.1) is 0 Å². The molecular weight excluding hydrogens is 444 g/mol. The van der Waals surface area contributed by atoms with Crippen molar-refractivity contribution in [1.82, 2.24) is 20.2 Å². The lowest BCUT2D eigenvalue weighted by Crippen LogP contribution is -2.62. The molecule has 1 aliphatic rings. The van der Waals surface area contributed by atoms with Crippen molar-refractivity contribution in [3.8, 4) is 11.6 Å². The summed E-state index contributed by atoms with van der Waals surface area (Å²) in [6.07, 6.45) is 3.24. The number of amides is 2. The molecule has 3 aromatic rings. The summed E-state index contributed by atoms with van der Waals surface area (Å²) in [6.45, 7) is 7.56. The van der Waals surface area contributed by atoms with Gasteiger partial charge in [-0.2, -0.15) is 0 Å². The molecule has 1 aliphatic heterocycles. The summed E-state index contributed by atoms with van der Waals surface area (Å²) in [5.41, 5.74) is 0.361. The van der Waals surface area contributed by atoms with E-state index in [4.69, 9.17) is 9.47 Å². The minimum Gasteiger partial charge on any atom is -0.497 e. The molecule has 0 spiro atoms. The van der Waals surface area contributed by atoms with Crippen molar-refractivity contribution in [2.45, 2.75) is 45.3 Å². The topological polar surface area (TPSA) is 93.6 Å². The quantitative estimate of drug-likeness (QED) is 0.607. The Hall–Kier alpha value is -3.94. The number of hydrogen-bond acceptors (Lipinski definition) is 6. The highest BCUT2D eigenvalue weighted by Crippen LogP contribution is 2.37. The van der Waals surface area contributed by atoms with Crippen molar-refractivity contribution in [3.63, 3.8) is 0 Å². The normalized spacial score (nSPS) is 17.7. The second-order valence-corrected chi connectivity index (χ2v) is 9.64. The fraction of sp³-hybridized carbons (Fsp3) is 0.333. The van der Waals surface area contributed by atoms with Crippen LogP contribution in [0.1, 0.15) is 48.0 Å². The van der Waals surface area contributed by atoms with Gasteiger partial charge in [0.15, 0.2) is 5.54 Å². The van der Waals surface area contributed by atoms with Gasteiger partial charge >= 0.3 is 0 Å². The molecule has 0 aliphatic carbocycles. The first-order valence-electron chi connectivity index (χ1n) is 11.4. The number of carbonyl (C=O) groups is 2. The summed E-state index contributed by atoms with van der Waals surface area (Å²) in [6, 6.07) is 14.4. The van der Waals surface area contributed by atoms with Gasteiger partial charge in [0.25, 0.3) is 11.8 Å². The first-order chi connectivity index (χ1) is 16.6. The van der Waals surface area contributed by atoms with Crippen LogP contribution >= 0.6 is 0 Å². The van der Waals surface area contributed by atoms with Crippen molar-refractivity contribution in [1.29, 1.82) is 0 Å². The number of aryl methyl sites for hydroxylation is 1. The Morgan fingerprint density at radius 1 is 1.17 bits per heavy atom. The highest BCUT2D eigenvalue weighted by Gasteiger charge is 2.52. The number of carbonyl (C=O) groups excluding carboxylic acids is 2. The largest absolute Gasteiger partial charge is 0.497 e.